The number of alkyl halides is 1. The Labute approximate surface area is 122 Å². The highest BCUT2D eigenvalue weighted by Gasteiger charge is 2.16. The molecule has 1 aromatic carbocycles. The minimum absolute atomic E-state index is 0.1000. The number of sulfonamides is 1. The van der Waals surface area contributed by atoms with Crippen molar-refractivity contribution in [2.24, 2.45) is 5.92 Å². The van der Waals surface area contributed by atoms with Crippen molar-refractivity contribution in [3.8, 4) is 0 Å². The van der Waals surface area contributed by atoms with Crippen molar-refractivity contribution < 1.29 is 12.8 Å². The van der Waals surface area contributed by atoms with Crippen LogP contribution in [-0.4, -0.2) is 20.3 Å². The molecular weight excluding hydrogens is 333 g/mol. The van der Waals surface area contributed by atoms with E-state index in [1.54, 1.807) is 0 Å². The normalized spacial score (nSPS) is 13.4. The van der Waals surface area contributed by atoms with Crippen LogP contribution in [0.3, 0.4) is 0 Å². The lowest BCUT2D eigenvalue weighted by Gasteiger charge is -2.15. The molecule has 0 heterocycles. The predicted molar refractivity (Wildman–Crippen MR) is 78.4 cm³/mol. The molecular formula is C13H19BrFNO2S. The van der Waals surface area contributed by atoms with Crippen LogP contribution in [0.15, 0.2) is 29.2 Å². The van der Waals surface area contributed by atoms with Gasteiger partial charge in [-0.1, -0.05) is 29.3 Å². The van der Waals surface area contributed by atoms with Gasteiger partial charge in [-0.3, -0.25) is 0 Å². The Morgan fingerprint density at radius 1 is 1.26 bits per heavy atom. The predicted octanol–water partition coefficient (Wildman–Crippen LogP) is 3.31. The summed E-state index contributed by atoms with van der Waals surface area (Å²) < 4.78 is 39.4. The molecule has 0 aromatic heterocycles. The minimum atomic E-state index is -3.54. The highest BCUT2D eigenvalue weighted by molar-refractivity contribution is 9.09. The lowest BCUT2D eigenvalue weighted by molar-refractivity contribution is 0.459. The summed E-state index contributed by atoms with van der Waals surface area (Å²) in [7, 11) is -3.54. The summed E-state index contributed by atoms with van der Waals surface area (Å²) in [6.07, 6.45) is 2.94. The van der Waals surface area contributed by atoms with Gasteiger partial charge in [-0.25, -0.2) is 17.5 Å². The van der Waals surface area contributed by atoms with E-state index in [-0.39, 0.29) is 4.90 Å². The molecule has 19 heavy (non-hydrogen) atoms. The Hall–Kier alpha value is -0.460. The molecule has 6 heteroatoms. The monoisotopic (exact) mass is 351 g/mol. The summed E-state index contributed by atoms with van der Waals surface area (Å²) in [5, 5.41) is 0.857. The summed E-state index contributed by atoms with van der Waals surface area (Å²) in [5.74, 6) is -0.123. The summed E-state index contributed by atoms with van der Waals surface area (Å²) >= 11 is 3.37. The van der Waals surface area contributed by atoms with Gasteiger partial charge in [0.2, 0.25) is 10.0 Å². The van der Waals surface area contributed by atoms with E-state index in [9.17, 15) is 12.8 Å². The summed E-state index contributed by atoms with van der Waals surface area (Å²) in [5.41, 5.74) is 0. The van der Waals surface area contributed by atoms with Crippen molar-refractivity contribution in [3.05, 3.63) is 30.1 Å². The van der Waals surface area contributed by atoms with Crippen molar-refractivity contribution in [2.75, 3.05) is 11.9 Å². The maximum absolute atomic E-state index is 12.8. The number of benzene rings is 1. The average molecular weight is 352 g/mol. The molecule has 0 saturated carbocycles. The zero-order valence-electron chi connectivity index (χ0n) is 10.9. The van der Waals surface area contributed by atoms with Crippen LogP contribution in [0.5, 0.6) is 0 Å². The minimum Gasteiger partial charge on any atom is -0.211 e. The van der Waals surface area contributed by atoms with Gasteiger partial charge >= 0.3 is 0 Å². The van der Waals surface area contributed by atoms with E-state index in [0.29, 0.717) is 12.5 Å². The van der Waals surface area contributed by atoms with E-state index in [1.807, 2.05) is 0 Å². The lowest BCUT2D eigenvalue weighted by atomic mass is 10.0. The van der Waals surface area contributed by atoms with Crippen LogP contribution in [0.25, 0.3) is 0 Å². The first-order chi connectivity index (χ1) is 8.99. The summed E-state index contributed by atoms with van der Waals surface area (Å²) in [4.78, 5) is 0.1000. The third kappa shape index (κ3) is 5.58. The molecule has 0 aliphatic rings. The van der Waals surface area contributed by atoms with E-state index >= 15 is 0 Å². The molecule has 1 aromatic rings. The molecule has 0 saturated heterocycles. The molecule has 1 atom stereocenters. The van der Waals surface area contributed by atoms with Gasteiger partial charge in [0.15, 0.2) is 0 Å². The van der Waals surface area contributed by atoms with E-state index < -0.39 is 15.8 Å². The van der Waals surface area contributed by atoms with Gasteiger partial charge in [0.25, 0.3) is 0 Å². The van der Waals surface area contributed by atoms with Gasteiger partial charge < -0.3 is 0 Å². The second-order valence-corrected chi connectivity index (χ2v) is 7.00. The van der Waals surface area contributed by atoms with Crippen LogP contribution in [0.1, 0.15) is 26.2 Å². The second-order valence-electron chi connectivity index (χ2n) is 4.44. The number of halogens is 2. The van der Waals surface area contributed by atoms with E-state index in [0.717, 1.165) is 36.7 Å². The Morgan fingerprint density at radius 2 is 1.89 bits per heavy atom. The van der Waals surface area contributed by atoms with Gasteiger partial charge in [0.05, 0.1) is 4.90 Å². The first-order valence-electron chi connectivity index (χ1n) is 6.30. The first-order valence-corrected chi connectivity index (χ1v) is 8.91. The maximum atomic E-state index is 12.8. The number of hydrogen-bond acceptors (Lipinski definition) is 2. The third-order valence-electron chi connectivity index (χ3n) is 2.90. The molecule has 0 spiro atoms. The van der Waals surface area contributed by atoms with Crippen molar-refractivity contribution >= 4 is 26.0 Å². The Kier molecular flexibility index (Phi) is 6.96. The number of rotatable bonds is 8. The second kappa shape index (κ2) is 7.97. The molecule has 108 valence electrons. The lowest BCUT2D eigenvalue weighted by Crippen LogP contribution is -2.29. The number of nitrogens with one attached hydrogen (secondary N) is 1. The third-order valence-corrected chi connectivity index (χ3v) is 4.80. The molecule has 1 N–H and O–H groups in total. The molecule has 1 rings (SSSR count). The van der Waals surface area contributed by atoms with Gasteiger partial charge in [0.1, 0.15) is 5.82 Å². The largest absolute Gasteiger partial charge is 0.240 e. The van der Waals surface area contributed by atoms with Crippen molar-refractivity contribution in [1.29, 1.82) is 0 Å². The Bertz CT molecular complexity index is 470. The smallest absolute Gasteiger partial charge is 0.211 e. The average Bonchev–Trinajstić information content (AvgIpc) is 2.37. The standard InChI is InChI=1S/C13H19BrFNO2S/c1-2-3-11(8-9-14)10-16-19(17,18)13-6-4-12(15)5-7-13/h4-7,11,16H,2-3,8-10H2,1H3. The van der Waals surface area contributed by atoms with Crippen molar-refractivity contribution in [3.63, 3.8) is 0 Å². The van der Waals surface area contributed by atoms with Gasteiger partial charge in [-0.05, 0) is 43.0 Å². The molecule has 0 fully saturated rings. The van der Waals surface area contributed by atoms with Gasteiger partial charge in [-0.15, -0.1) is 0 Å². The van der Waals surface area contributed by atoms with E-state index in [1.165, 1.54) is 12.1 Å². The Balaban J connectivity index is 2.66. The zero-order valence-corrected chi connectivity index (χ0v) is 13.3. The van der Waals surface area contributed by atoms with Gasteiger partial charge in [0, 0.05) is 11.9 Å². The van der Waals surface area contributed by atoms with Crippen LogP contribution < -0.4 is 4.72 Å². The van der Waals surface area contributed by atoms with E-state index in [2.05, 4.69) is 27.6 Å². The van der Waals surface area contributed by atoms with Crippen molar-refractivity contribution in [2.45, 2.75) is 31.1 Å². The molecule has 0 amide bonds. The van der Waals surface area contributed by atoms with Crippen LogP contribution >= 0.6 is 15.9 Å². The summed E-state index contributed by atoms with van der Waals surface area (Å²) in [6, 6.07) is 4.85. The Morgan fingerprint density at radius 3 is 2.42 bits per heavy atom. The zero-order chi connectivity index (χ0) is 14.3. The molecule has 0 radical (unpaired) electrons. The number of hydrogen-bond donors (Lipinski definition) is 1. The van der Waals surface area contributed by atoms with Crippen LogP contribution in [0.4, 0.5) is 4.39 Å². The van der Waals surface area contributed by atoms with Crippen LogP contribution in [0.2, 0.25) is 0 Å². The SMILES string of the molecule is CCCC(CCBr)CNS(=O)(=O)c1ccc(F)cc1. The van der Waals surface area contributed by atoms with Crippen molar-refractivity contribution in [1.82, 2.24) is 4.72 Å². The quantitative estimate of drug-likeness (QED) is 0.730. The molecule has 0 bridgehead atoms. The van der Waals surface area contributed by atoms with Gasteiger partial charge in [-0.2, -0.15) is 0 Å². The highest BCUT2D eigenvalue weighted by Crippen LogP contribution is 2.14. The molecule has 0 aliphatic heterocycles. The van der Waals surface area contributed by atoms with Crippen LogP contribution in [-0.2, 0) is 10.0 Å². The fourth-order valence-electron chi connectivity index (χ4n) is 1.84. The maximum Gasteiger partial charge on any atom is 0.240 e. The molecule has 3 nitrogen and oxygen atoms in total. The first kappa shape index (κ1) is 16.6. The summed E-state index contributed by atoms with van der Waals surface area (Å²) in [6.45, 7) is 2.49. The topological polar surface area (TPSA) is 46.2 Å². The molecule has 0 aliphatic carbocycles. The highest BCUT2D eigenvalue weighted by atomic mass is 79.9. The fourth-order valence-corrected chi connectivity index (χ4v) is 3.60. The fraction of sp³-hybridized carbons (Fsp3) is 0.538. The van der Waals surface area contributed by atoms with Crippen LogP contribution in [0, 0.1) is 11.7 Å². The molecule has 1 unspecified atom stereocenters. The van der Waals surface area contributed by atoms with E-state index in [4.69, 9.17) is 0 Å².